The second-order valence-corrected chi connectivity index (χ2v) is 5.85. The normalized spacial score (nSPS) is 32.0. The second kappa shape index (κ2) is 5.28. The zero-order chi connectivity index (χ0) is 16.1. The Hall–Kier alpha value is -1.52. The minimum absolute atomic E-state index is 0.0529. The van der Waals surface area contributed by atoms with Crippen LogP contribution in [0.4, 0.5) is 5.82 Å². The van der Waals surface area contributed by atoms with Crippen LogP contribution >= 0.6 is 11.6 Å². The van der Waals surface area contributed by atoms with Gasteiger partial charge in [0.2, 0.25) is 5.28 Å². The minimum Gasteiger partial charge on any atom is -0.396 e. The van der Waals surface area contributed by atoms with Crippen molar-refractivity contribution in [1.29, 1.82) is 0 Å². The lowest BCUT2D eigenvalue weighted by Gasteiger charge is -2.29. The summed E-state index contributed by atoms with van der Waals surface area (Å²) in [6.45, 7) is 0.948. The van der Waals surface area contributed by atoms with Crippen molar-refractivity contribution in [2.24, 2.45) is 5.41 Å². The number of anilines is 1. The van der Waals surface area contributed by atoms with Crippen molar-refractivity contribution in [3.63, 3.8) is 0 Å². The van der Waals surface area contributed by atoms with Gasteiger partial charge in [-0.1, -0.05) is 6.92 Å². The van der Waals surface area contributed by atoms with Crippen LogP contribution in [0.5, 0.6) is 0 Å². The number of aromatic nitrogens is 4. The van der Waals surface area contributed by atoms with Gasteiger partial charge < -0.3 is 25.8 Å². The van der Waals surface area contributed by atoms with Crippen molar-refractivity contribution >= 4 is 28.6 Å². The van der Waals surface area contributed by atoms with E-state index < -0.39 is 23.9 Å². The van der Waals surface area contributed by atoms with Crippen molar-refractivity contribution in [1.82, 2.24) is 19.5 Å². The lowest BCUT2D eigenvalue weighted by Crippen LogP contribution is -2.42. The van der Waals surface area contributed by atoms with E-state index in [1.165, 1.54) is 10.9 Å². The Morgan fingerprint density at radius 2 is 2.18 bits per heavy atom. The third-order valence-corrected chi connectivity index (χ3v) is 4.36. The number of nitrogen functional groups attached to an aromatic ring is 1. The first-order valence-corrected chi connectivity index (χ1v) is 7.01. The first kappa shape index (κ1) is 15.4. The van der Waals surface area contributed by atoms with Gasteiger partial charge in [-0.3, -0.25) is 4.57 Å². The Morgan fingerprint density at radius 3 is 2.77 bits per heavy atom. The quantitative estimate of drug-likeness (QED) is 0.543. The Bertz CT molecular complexity index is 710. The van der Waals surface area contributed by atoms with E-state index in [-0.39, 0.29) is 24.3 Å². The third-order valence-electron chi connectivity index (χ3n) is 4.19. The zero-order valence-corrected chi connectivity index (χ0v) is 12.5. The van der Waals surface area contributed by atoms with Gasteiger partial charge in [0.25, 0.3) is 0 Å². The van der Waals surface area contributed by atoms with Crippen molar-refractivity contribution in [2.75, 3.05) is 18.9 Å². The summed E-state index contributed by atoms with van der Waals surface area (Å²) in [5.74, 6) is 0.116. The molecule has 1 fully saturated rings. The molecule has 1 saturated heterocycles. The fourth-order valence-corrected chi connectivity index (χ4v) is 2.85. The number of aliphatic hydroxyl groups is 3. The van der Waals surface area contributed by atoms with Crippen molar-refractivity contribution < 1.29 is 20.1 Å². The van der Waals surface area contributed by atoms with Crippen LogP contribution < -0.4 is 5.73 Å². The molecular formula is C12H16ClN5O4. The van der Waals surface area contributed by atoms with Gasteiger partial charge in [-0.2, -0.15) is 9.97 Å². The molecule has 3 rings (SSSR count). The second-order valence-electron chi connectivity index (χ2n) is 5.51. The number of nitrogens with two attached hydrogens (primary N) is 1. The van der Waals surface area contributed by atoms with Crippen molar-refractivity contribution in [2.45, 2.75) is 25.4 Å². The fourth-order valence-electron chi connectivity index (χ4n) is 2.68. The maximum Gasteiger partial charge on any atom is 0.226 e. The molecular weight excluding hydrogens is 314 g/mol. The van der Waals surface area contributed by atoms with Gasteiger partial charge in [0.15, 0.2) is 17.7 Å². The maximum absolute atomic E-state index is 10.5. The highest BCUT2D eigenvalue weighted by molar-refractivity contribution is 6.28. The molecule has 10 heteroatoms. The van der Waals surface area contributed by atoms with Crippen LogP contribution in [0.25, 0.3) is 11.2 Å². The van der Waals surface area contributed by atoms with Crippen LogP contribution in [0.15, 0.2) is 6.33 Å². The molecule has 0 aromatic carbocycles. The monoisotopic (exact) mass is 329 g/mol. The number of hydrogen-bond donors (Lipinski definition) is 4. The zero-order valence-electron chi connectivity index (χ0n) is 11.7. The molecule has 5 N–H and O–H groups in total. The molecule has 22 heavy (non-hydrogen) atoms. The number of aliphatic hydroxyl groups excluding tert-OH is 3. The minimum atomic E-state index is -1.08. The summed E-state index contributed by atoms with van der Waals surface area (Å²) >= 11 is 5.81. The summed E-state index contributed by atoms with van der Waals surface area (Å²) < 4.78 is 7.15. The molecule has 0 unspecified atom stereocenters. The van der Waals surface area contributed by atoms with Gasteiger partial charge >= 0.3 is 0 Å². The van der Waals surface area contributed by atoms with E-state index in [0.717, 1.165) is 0 Å². The summed E-state index contributed by atoms with van der Waals surface area (Å²) in [5, 5.41) is 29.5. The standard InChI is InChI=1S/C12H16ClN5O4/c1-12(3-20)5(2-19)22-10(7(12)21)18-4-15-6-8(14)16-11(13)17-9(6)18/h4-5,7,10,19-21H,2-3H2,1H3,(H2,14,16,17)/t5-,7-,10+,12-/m1/s1. The van der Waals surface area contributed by atoms with Gasteiger partial charge in [0.1, 0.15) is 11.6 Å². The van der Waals surface area contributed by atoms with Crippen LogP contribution in [0.3, 0.4) is 0 Å². The molecule has 0 radical (unpaired) electrons. The summed E-state index contributed by atoms with van der Waals surface area (Å²) in [5.41, 5.74) is 5.36. The predicted octanol–water partition coefficient (Wildman–Crippen LogP) is -0.689. The lowest BCUT2D eigenvalue weighted by molar-refractivity contribution is -0.0539. The highest BCUT2D eigenvalue weighted by Gasteiger charge is 2.53. The molecule has 1 aliphatic heterocycles. The van der Waals surface area contributed by atoms with Crippen LogP contribution in [-0.4, -0.2) is 60.3 Å². The number of nitrogens with zero attached hydrogens (tertiary/aromatic N) is 4. The Kier molecular flexibility index (Phi) is 3.69. The number of imidazole rings is 1. The first-order chi connectivity index (χ1) is 10.4. The molecule has 4 atom stereocenters. The average Bonchev–Trinajstić information content (AvgIpc) is 3.00. The van der Waals surface area contributed by atoms with E-state index in [9.17, 15) is 15.3 Å². The molecule has 0 spiro atoms. The number of halogens is 1. The SMILES string of the molecule is C[C@]1(CO)[C@H](O)[C@@H](n2cnc3c(N)nc(Cl)nc32)O[C@@H]1CO. The number of rotatable bonds is 3. The van der Waals surface area contributed by atoms with E-state index in [1.54, 1.807) is 6.92 Å². The van der Waals surface area contributed by atoms with E-state index in [2.05, 4.69) is 15.0 Å². The summed E-state index contributed by atoms with van der Waals surface area (Å²) in [6.07, 6.45) is -1.30. The highest BCUT2D eigenvalue weighted by atomic mass is 35.5. The van der Waals surface area contributed by atoms with Crippen LogP contribution in [0.2, 0.25) is 5.28 Å². The molecule has 120 valence electrons. The molecule has 0 aliphatic carbocycles. The predicted molar refractivity (Wildman–Crippen MR) is 76.9 cm³/mol. The topological polar surface area (TPSA) is 140 Å². The Balaban J connectivity index is 2.09. The summed E-state index contributed by atoms with van der Waals surface area (Å²) in [7, 11) is 0. The average molecular weight is 330 g/mol. The van der Waals surface area contributed by atoms with Crippen molar-refractivity contribution in [3.05, 3.63) is 11.6 Å². The Labute approximate surface area is 130 Å². The fraction of sp³-hybridized carbons (Fsp3) is 0.583. The third kappa shape index (κ3) is 2.05. The molecule has 3 heterocycles. The van der Waals surface area contributed by atoms with Gasteiger partial charge in [0, 0.05) is 5.41 Å². The lowest BCUT2D eigenvalue weighted by atomic mass is 9.81. The molecule has 9 nitrogen and oxygen atoms in total. The van der Waals surface area contributed by atoms with E-state index in [0.29, 0.717) is 11.2 Å². The molecule has 0 bridgehead atoms. The van der Waals surface area contributed by atoms with Crippen LogP contribution in [0.1, 0.15) is 13.2 Å². The molecule has 0 amide bonds. The highest BCUT2D eigenvalue weighted by Crippen LogP contribution is 2.43. The van der Waals surface area contributed by atoms with Gasteiger partial charge in [-0.05, 0) is 11.6 Å². The van der Waals surface area contributed by atoms with Crippen LogP contribution in [-0.2, 0) is 4.74 Å². The van der Waals surface area contributed by atoms with Crippen LogP contribution in [0, 0.1) is 5.41 Å². The number of ether oxygens (including phenoxy) is 1. The molecule has 2 aromatic heterocycles. The maximum atomic E-state index is 10.5. The van der Waals surface area contributed by atoms with E-state index >= 15 is 0 Å². The summed E-state index contributed by atoms with van der Waals surface area (Å²) in [4.78, 5) is 12.0. The number of hydrogen-bond acceptors (Lipinski definition) is 8. The molecule has 2 aromatic rings. The Morgan fingerprint density at radius 1 is 1.45 bits per heavy atom. The molecule has 1 aliphatic rings. The van der Waals surface area contributed by atoms with E-state index in [4.69, 9.17) is 22.1 Å². The first-order valence-electron chi connectivity index (χ1n) is 6.63. The van der Waals surface area contributed by atoms with E-state index in [1.807, 2.05) is 0 Å². The van der Waals surface area contributed by atoms with Gasteiger partial charge in [0.05, 0.1) is 25.6 Å². The van der Waals surface area contributed by atoms with Gasteiger partial charge in [-0.15, -0.1) is 0 Å². The number of fused-ring (bicyclic) bond motifs is 1. The smallest absolute Gasteiger partial charge is 0.226 e. The van der Waals surface area contributed by atoms with Crippen molar-refractivity contribution in [3.8, 4) is 0 Å². The van der Waals surface area contributed by atoms with Gasteiger partial charge in [-0.25, -0.2) is 4.98 Å². The summed E-state index contributed by atoms with van der Waals surface area (Å²) in [6, 6.07) is 0. The largest absolute Gasteiger partial charge is 0.396 e. The molecule has 0 saturated carbocycles.